The van der Waals surface area contributed by atoms with Crippen molar-refractivity contribution in [3.8, 4) is 5.75 Å². The molecule has 0 aromatic heterocycles. The first-order valence-electron chi connectivity index (χ1n) is 7.43. The molecule has 21 heavy (non-hydrogen) atoms. The maximum absolute atomic E-state index is 12.6. The second-order valence-corrected chi connectivity index (χ2v) is 7.16. The molecular weight excluding hydrogens is 288 g/mol. The number of nitrogens with one attached hydrogen (secondary N) is 1. The van der Waals surface area contributed by atoms with Gasteiger partial charge in [0.25, 0.3) is 0 Å². The van der Waals surface area contributed by atoms with E-state index in [2.05, 4.69) is 5.32 Å². The van der Waals surface area contributed by atoms with Crippen LogP contribution in [-0.4, -0.2) is 39.0 Å². The Labute approximate surface area is 127 Å². The van der Waals surface area contributed by atoms with E-state index in [1.165, 1.54) is 17.1 Å². The molecule has 0 spiro atoms. The molecular formula is C15H24N2O3S. The van der Waals surface area contributed by atoms with Gasteiger partial charge in [0.2, 0.25) is 10.0 Å². The van der Waals surface area contributed by atoms with Crippen LogP contribution >= 0.6 is 0 Å². The van der Waals surface area contributed by atoms with Crippen LogP contribution in [0.5, 0.6) is 5.75 Å². The van der Waals surface area contributed by atoms with Gasteiger partial charge in [0.15, 0.2) is 0 Å². The largest absolute Gasteiger partial charge is 0.496 e. The normalized spacial score (nSPS) is 15.4. The predicted molar refractivity (Wildman–Crippen MR) is 83.0 cm³/mol. The van der Waals surface area contributed by atoms with Gasteiger partial charge >= 0.3 is 0 Å². The molecule has 1 N–H and O–H groups in total. The maximum atomic E-state index is 12.6. The lowest BCUT2D eigenvalue weighted by atomic mass is 10.2. The van der Waals surface area contributed by atoms with Gasteiger partial charge in [0.05, 0.1) is 12.0 Å². The first-order valence-corrected chi connectivity index (χ1v) is 8.87. The van der Waals surface area contributed by atoms with Crippen LogP contribution in [0, 0.1) is 0 Å². The van der Waals surface area contributed by atoms with Gasteiger partial charge in [-0.05, 0) is 31.0 Å². The van der Waals surface area contributed by atoms with E-state index in [-0.39, 0.29) is 0 Å². The second kappa shape index (κ2) is 6.77. The number of methoxy groups -OCH3 is 1. The van der Waals surface area contributed by atoms with E-state index in [1.54, 1.807) is 25.3 Å². The fraction of sp³-hybridized carbons (Fsp3) is 0.600. The van der Waals surface area contributed by atoms with E-state index >= 15 is 0 Å². The van der Waals surface area contributed by atoms with Crippen molar-refractivity contribution in [3.63, 3.8) is 0 Å². The van der Waals surface area contributed by atoms with E-state index < -0.39 is 10.0 Å². The maximum Gasteiger partial charge on any atom is 0.243 e. The van der Waals surface area contributed by atoms with Gasteiger partial charge in [-0.15, -0.1) is 0 Å². The van der Waals surface area contributed by atoms with E-state index in [1.807, 2.05) is 13.8 Å². The summed E-state index contributed by atoms with van der Waals surface area (Å²) in [5.41, 5.74) is 0.887. The van der Waals surface area contributed by atoms with Crippen LogP contribution in [0.2, 0.25) is 0 Å². The van der Waals surface area contributed by atoms with E-state index in [4.69, 9.17) is 4.74 Å². The number of ether oxygens (including phenoxy) is 1. The molecule has 2 rings (SSSR count). The summed E-state index contributed by atoms with van der Waals surface area (Å²) < 4.78 is 31.9. The van der Waals surface area contributed by atoms with Crippen LogP contribution < -0.4 is 10.1 Å². The van der Waals surface area contributed by atoms with Crippen molar-refractivity contribution in [2.24, 2.45) is 0 Å². The standard InChI is InChI=1S/C15H24N2O3S/c1-4-17(5-2)21(18,19)14-8-9-15(20-3)12(10-14)11-16-13-6-7-13/h8-10,13,16H,4-7,11H2,1-3H3. The topological polar surface area (TPSA) is 58.6 Å². The van der Waals surface area contributed by atoms with Gasteiger partial charge in [0.1, 0.15) is 5.75 Å². The molecule has 1 fully saturated rings. The molecule has 0 unspecified atom stereocenters. The number of benzene rings is 1. The molecule has 0 heterocycles. The highest BCUT2D eigenvalue weighted by Gasteiger charge is 2.24. The Hall–Kier alpha value is -1.11. The third kappa shape index (κ3) is 3.75. The van der Waals surface area contributed by atoms with Crippen molar-refractivity contribution in [1.29, 1.82) is 0 Å². The molecule has 1 aromatic carbocycles. The Morgan fingerprint density at radius 3 is 2.48 bits per heavy atom. The SMILES string of the molecule is CCN(CC)S(=O)(=O)c1ccc(OC)c(CNC2CC2)c1. The summed E-state index contributed by atoms with van der Waals surface area (Å²) in [4.78, 5) is 0.333. The summed E-state index contributed by atoms with van der Waals surface area (Å²) in [6.45, 7) is 5.27. The smallest absolute Gasteiger partial charge is 0.243 e. The van der Waals surface area contributed by atoms with Crippen LogP contribution in [0.3, 0.4) is 0 Å². The number of hydrogen-bond donors (Lipinski definition) is 1. The molecule has 1 aliphatic rings. The molecule has 0 amide bonds. The Balaban J connectivity index is 2.28. The first-order chi connectivity index (χ1) is 10.0. The zero-order valence-electron chi connectivity index (χ0n) is 12.9. The van der Waals surface area contributed by atoms with Gasteiger partial charge in [-0.2, -0.15) is 4.31 Å². The van der Waals surface area contributed by atoms with Crippen molar-refractivity contribution in [1.82, 2.24) is 9.62 Å². The third-order valence-corrected chi connectivity index (χ3v) is 5.80. The van der Waals surface area contributed by atoms with Crippen LogP contribution in [0.25, 0.3) is 0 Å². The Morgan fingerprint density at radius 1 is 1.29 bits per heavy atom. The zero-order chi connectivity index (χ0) is 15.5. The zero-order valence-corrected chi connectivity index (χ0v) is 13.7. The van der Waals surface area contributed by atoms with Gasteiger partial charge in [0, 0.05) is 31.2 Å². The van der Waals surface area contributed by atoms with Crippen molar-refractivity contribution < 1.29 is 13.2 Å². The molecule has 6 heteroatoms. The molecule has 118 valence electrons. The monoisotopic (exact) mass is 312 g/mol. The lowest BCUT2D eigenvalue weighted by Gasteiger charge is -2.19. The molecule has 0 radical (unpaired) electrons. The van der Waals surface area contributed by atoms with Crippen molar-refractivity contribution >= 4 is 10.0 Å². The highest BCUT2D eigenvalue weighted by molar-refractivity contribution is 7.89. The van der Waals surface area contributed by atoms with Gasteiger partial charge in [-0.1, -0.05) is 13.8 Å². The average molecular weight is 312 g/mol. The van der Waals surface area contributed by atoms with Gasteiger partial charge in [-0.25, -0.2) is 8.42 Å². The minimum Gasteiger partial charge on any atom is -0.496 e. The predicted octanol–water partition coefficient (Wildman–Crippen LogP) is 1.98. The summed E-state index contributed by atoms with van der Waals surface area (Å²) in [5, 5.41) is 3.40. The van der Waals surface area contributed by atoms with Crippen molar-refractivity contribution in [3.05, 3.63) is 23.8 Å². The van der Waals surface area contributed by atoms with Crippen molar-refractivity contribution in [2.45, 2.75) is 44.2 Å². The minimum atomic E-state index is -3.42. The Morgan fingerprint density at radius 2 is 1.95 bits per heavy atom. The molecule has 0 atom stereocenters. The summed E-state index contributed by atoms with van der Waals surface area (Å²) >= 11 is 0. The third-order valence-electron chi connectivity index (χ3n) is 3.75. The summed E-state index contributed by atoms with van der Waals surface area (Å²) in [5.74, 6) is 0.724. The lowest BCUT2D eigenvalue weighted by Crippen LogP contribution is -2.30. The molecule has 1 aliphatic carbocycles. The quantitative estimate of drug-likeness (QED) is 0.797. The second-order valence-electron chi connectivity index (χ2n) is 5.22. The molecule has 1 saturated carbocycles. The highest BCUT2D eigenvalue weighted by Crippen LogP contribution is 2.26. The molecule has 0 aliphatic heterocycles. The summed E-state index contributed by atoms with van der Waals surface area (Å²) in [6.07, 6.45) is 2.39. The Bertz CT molecular complexity index is 579. The fourth-order valence-corrected chi connectivity index (χ4v) is 3.82. The van der Waals surface area contributed by atoms with Crippen LogP contribution in [0.4, 0.5) is 0 Å². The number of hydrogen-bond acceptors (Lipinski definition) is 4. The molecule has 0 bridgehead atoms. The lowest BCUT2D eigenvalue weighted by molar-refractivity contribution is 0.406. The minimum absolute atomic E-state index is 0.333. The number of nitrogens with zero attached hydrogens (tertiary/aromatic N) is 1. The first kappa shape index (κ1) is 16.3. The van der Waals surface area contributed by atoms with Crippen LogP contribution in [0.1, 0.15) is 32.3 Å². The number of sulfonamides is 1. The van der Waals surface area contributed by atoms with E-state index in [9.17, 15) is 8.42 Å². The van der Waals surface area contributed by atoms with Gasteiger partial charge < -0.3 is 10.1 Å². The summed E-state index contributed by atoms with van der Waals surface area (Å²) in [6, 6.07) is 5.65. The molecule has 1 aromatic rings. The fourth-order valence-electron chi connectivity index (χ4n) is 2.31. The Kier molecular flexibility index (Phi) is 5.24. The van der Waals surface area contributed by atoms with Crippen LogP contribution in [-0.2, 0) is 16.6 Å². The highest BCUT2D eigenvalue weighted by atomic mass is 32.2. The van der Waals surface area contributed by atoms with Gasteiger partial charge in [-0.3, -0.25) is 0 Å². The van der Waals surface area contributed by atoms with Crippen LogP contribution in [0.15, 0.2) is 23.1 Å². The van der Waals surface area contributed by atoms with E-state index in [0.29, 0.717) is 30.6 Å². The number of rotatable bonds is 8. The summed E-state index contributed by atoms with van der Waals surface area (Å²) in [7, 11) is -1.82. The van der Waals surface area contributed by atoms with E-state index in [0.717, 1.165) is 11.3 Å². The van der Waals surface area contributed by atoms with Crippen molar-refractivity contribution in [2.75, 3.05) is 20.2 Å². The average Bonchev–Trinajstić information content (AvgIpc) is 3.30. The molecule has 0 saturated heterocycles. The molecule has 5 nitrogen and oxygen atoms in total.